The molecule has 1 aliphatic heterocycles. The lowest BCUT2D eigenvalue weighted by Gasteiger charge is -2.31. The zero-order valence-corrected chi connectivity index (χ0v) is 13.6. The van der Waals surface area contributed by atoms with Crippen LogP contribution in [0.1, 0.15) is 31.9 Å². The van der Waals surface area contributed by atoms with Crippen LogP contribution in [-0.2, 0) is 10.0 Å². The summed E-state index contributed by atoms with van der Waals surface area (Å²) in [5.41, 5.74) is 6.69. The van der Waals surface area contributed by atoms with Gasteiger partial charge in [-0.2, -0.15) is 16.1 Å². The van der Waals surface area contributed by atoms with E-state index in [1.165, 1.54) is 0 Å². The van der Waals surface area contributed by atoms with Crippen LogP contribution in [0.3, 0.4) is 0 Å². The Hall–Kier alpha value is -0.560. The van der Waals surface area contributed by atoms with E-state index >= 15 is 0 Å². The van der Waals surface area contributed by atoms with Crippen molar-refractivity contribution in [3.63, 3.8) is 0 Å². The van der Waals surface area contributed by atoms with Gasteiger partial charge in [0.1, 0.15) is 0 Å². The molecule has 2 unspecified atom stereocenters. The summed E-state index contributed by atoms with van der Waals surface area (Å²) in [5, 5.41) is 0.398. The molecule has 1 fully saturated rings. The molecule has 1 aliphatic rings. The second-order valence-electron chi connectivity index (χ2n) is 5.13. The molecule has 2 atom stereocenters. The maximum Gasteiger partial charge on any atom is 0.243 e. The van der Waals surface area contributed by atoms with Crippen LogP contribution in [-0.4, -0.2) is 36.8 Å². The normalized spacial score (nSPS) is 22.6. The number of thioether (sulfide) groups is 1. The van der Waals surface area contributed by atoms with Crippen LogP contribution in [0.25, 0.3) is 0 Å². The molecule has 1 aromatic carbocycles. The predicted molar refractivity (Wildman–Crippen MR) is 84.3 cm³/mol. The highest BCUT2D eigenvalue weighted by molar-refractivity contribution is 8.00. The maximum absolute atomic E-state index is 12.7. The van der Waals surface area contributed by atoms with Gasteiger partial charge in [-0.15, -0.1) is 0 Å². The van der Waals surface area contributed by atoms with Gasteiger partial charge in [0.25, 0.3) is 0 Å². The molecule has 2 rings (SSSR count). The first-order chi connectivity index (χ1) is 9.45. The molecule has 1 heterocycles. The predicted octanol–water partition coefficient (Wildman–Crippen LogP) is 2.22. The molecule has 0 spiro atoms. The van der Waals surface area contributed by atoms with Gasteiger partial charge in [-0.3, -0.25) is 0 Å². The van der Waals surface area contributed by atoms with E-state index in [2.05, 4.69) is 6.92 Å². The van der Waals surface area contributed by atoms with Crippen molar-refractivity contribution in [3.8, 4) is 0 Å². The summed E-state index contributed by atoms with van der Waals surface area (Å²) in [6.45, 7) is 5.15. The molecule has 20 heavy (non-hydrogen) atoms. The van der Waals surface area contributed by atoms with Gasteiger partial charge < -0.3 is 5.73 Å². The summed E-state index contributed by atoms with van der Waals surface area (Å²) in [7, 11) is -3.40. The van der Waals surface area contributed by atoms with E-state index in [1.807, 2.05) is 24.8 Å². The smallest absolute Gasteiger partial charge is 0.243 e. The van der Waals surface area contributed by atoms with Gasteiger partial charge >= 0.3 is 0 Å². The van der Waals surface area contributed by atoms with Crippen molar-refractivity contribution in [2.75, 3.05) is 18.8 Å². The standard InChI is InChI=1S/C14H22N2O2S2/c1-3-13-10-16(7-8-19-13)20(17,18)14-6-4-5-12(9-14)11(2)15/h4-6,9,11,13H,3,7-8,10,15H2,1-2H3. The third kappa shape index (κ3) is 3.36. The minimum Gasteiger partial charge on any atom is -0.324 e. The molecule has 112 valence electrons. The first-order valence-electron chi connectivity index (χ1n) is 6.92. The molecule has 1 aromatic rings. The highest BCUT2D eigenvalue weighted by atomic mass is 32.2. The Kier molecular flexibility index (Phi) is 5.12. The van der Waals surface area contributed by atoms with Crippen molar-refractivity contribution in [1.29, 1.82) is 0 Å². The van der Waals surface area contributed by atoms with E-state index in [9.17, 15) is 8.42 Å². The molecule has 0 amide bonds. The number of hydrogen-bond donors (Lipinski definition) is 1. The molecule has 0 aliphatic carbocycles. The van der Waals surface area contributed by atoms with Crippen LogP contribution in [0.2, 0.25) is 0 Å². The lowest BCUT2D eigenvalue weighted by Crippen LogP contribution is -2.41. The second kappa shape index (κ2) is 6.47. The molecule has 0 radical (unpaired) electrons. The zero-order chi connectivity index (χ0) is 14.8. The molecule has 6 heteroatoms. The second-order valence-corrected chi connectivity index (χ2v) is 8.47. The topological polar surface area (TPSA) is 63.4 Å². The zero-order valence-electron chi connectivity index (χ0n) is 12.0. The third-order valence-corrected chi connectivity index (χ3v) is 6.81. The van der Waals surface area contributed by atoms with E-state index in [0.29, 0.717) is 23.2 Å². The monoisotopic (exact) mass is 314 g/mol. The Bertz CT molecular complexity index is 558. The minimum absolute atomic E-state index is 0.162. The Labute approximate surface area is 125 Å². The molecule has 0 saturated carbocycles. The fraction of sp³-hybridized carbons (Fsp3) is 0.571. The molecule has 4 nitrogen and oxygen atoms in total. The highest BCUT2D eigenvalue weighted by Gasteiger charge is 2.30. The van der Waals surface area contributed by atoms with Gasteiger partial charge in [0.2, 0.25) is 10.0 Å². The number of nitrogens with zero attached hydrogens (tertiary/aromatic N) is 1. The number of hydrogen-bond acceptors (Lipinski definition) is 4. The first-order valence-corrected chi connectivity index (χ1v) is 9.41. The van der Waals surface area contributed by atoms with Crippen molar-refractivity contribution in [1.82, 2.24) is 4.31 Å². The van der Waals surface area contributed by atoms with Crippen molar-refractivity contribution in [2.24, 2.45) is 5.73 Å². The largest absolute Gasteiger partial charge is 0.324 e. The molecule has 0 aromatic heterocycles. The van der Waals surface area contributed by atoms with E-state index in [1.54, 1.807) is 22.5 Å². The van der Waals surface area contributed by atoms with Gasteiger partial charge in [0.15, 0.2) is 0 Å². The molecule has 0 bridgehead atoms. The summed E-state index contributed by atoms with van der Waals surface area (Å²) in [4.78, 5) is 0.356. The SMILES string of the molecule is CCC1CN(S(=O)(=O)c2cccc(C(C)N)c2)CCS1. The number of sulfonamides is 1. The fourth-order valence-corrected chi connectivity index (χ4v) is 5.20. The van der Waals surface area contributed by atoms with Crippen molar-refractivity contribution in [2.45, 2.75) is 36.5 Å². The van der Waals surface area contributed by atoms with Crippen molar-refractivity contribution in [3.05, 3.63) is 29.8 Å². The van der Waals surface area contributed by atoms with Gasteiger partial charge in [-0.05, 0) is 31.0 Å². The van der Waals surface area contributed by atoms with E-state index in [0.717, 1.165) is 17.7 Å². The van der Waals surface area contributed by atoms with E-state index in [4.69, 9.17) is 5.73 Å². The minimum atomic E-state index is -3.40. The fourth-order valence-electron chi connectivity index (χ4n) is 2.26. The molecular formula is C14H22N2O2S2. The van der Waals surface area contributed by atoms with Crippen LogP contribution < -0.4 is 5.73 Å². The lowest BCUT2D eigenvalue weighted by molar-refractivity contribution is 0.416. The first kappa shape index (κ1) is 15.8. The van der Waals surface area contributed by atoms with Crippen LogP contribution in [0, 0.1) is 0 Å². The summed E-state index contributed by atoms with van der Waals surface area (Å²) < 4.78 is 27.0. The van der Waals surface area contributed by atoms with Crippen LogP contribution in [0.5, 0.6) is 0 Å². The number of rotatable bonds is 4. The van der Waals surface area contributed by atoms with Crippen LogP contribution >= 0.6 is 11.8 Å². The molecule has 2 N–H and O–H groups in total. The number of benzene rings is 1. The van der Waals surface area contributed by atoms with Crippen LogP contribution in [0.4, 0.5) is 0 Å². The summed E-state index contributed by atoms with van der Waals surface area (Å²) in [6, 6.07) is 6.82. The average Bonchev–Trinajstić information content (AvgIpc) is 2.47. The van der Waals surface area contributed by atoms with Crippen LogP contribution in [0.15, 0.2) is 29.2 Å². The van der Waals surface area contributed by atoms with Gasteiger partial charge in [-0.25, -0.2) is 8.42 Å². The van der Waals surface area contributed by atoms with Gasteiger partial charge in [-0.1, -0.05) is 19.1 Å². The molecular weight excluding hydrogens is 292 g/mol. The Balaban J connectivity index is 2.28. The average molecular weight is 314 g/mol. The molecule has 1 saturated heterocycles. The summed E-state index contributed by atoms with van der Waals surface area (Å²) in [5.74, 6) is 0.866. The van der Waals surface area contributed by atoms with Gasteiger partial charge in [0, 0.05) is 30.1 Å². The third-order valence-electron chi connectivity index (χ3n) is 3.58. The Morgan fingerprint density at radius 1 is 1.50 bits per heavy atom. The lowest BCUT2D eigenvalue weighted by atomic mass is 10.1. The highest BCUT2D eigenvalue weighted by Crippen LogP contribution is 2.27. The van der Waals surface area contributed by atoms with E-state index in [-0.39, 0.29) is 6.04 Å². The quantitative estimate of drug-likeness (QED) is 0.925. The Morgan fingerprint density at radius 2 is 2.25 bits per heavy atom. The summed E-state index contributed by atoms with van der Waals surface area (Å²) >= 11 is 1.86. The van der Waals surface area contributed by atoms with Crippen molar-refractivity contribution < 1.29 is 8.42 Å². The number of nitrogens with two attached hydrogens (primary N) is 1. The van der Waals surface area contributed by atoms with Gasteiger partial charge in [0.05, 0.1) is 4.90 Å². The van der Waals surface area contributed by atoms with Crippen molar-refractivity contribution >= 4 is 21.8 Å². The summed E-state index contributed by atoms with van der Waals surface area (Å²) in [6.07, 6.45) is 0.997. The van der Waals surface area contributed by atoms with E-state index < -0.39 is 10.0 Å². The Morgan fingerprint density at radius 3 is 2.90 bits per heavy atom. The maximum atomic E-state index is 12.7.